The van der Waals surface area contributed by atoms with Gasteiger partial charge in [-0.1, -0.05) is 25.0 Å². The van der Waals surface area contributed by atoms with Crippen LogP contribution in [0.15, 0.2) is 24.3 Å². The van der Waals surface area contributed by atoms with Gasteiger partial charge in [0.25, 0.3) is 0 Å². The van der Waals surface area contributed by atoms with Gasteiger partial charge < -0.3 is 5.11 Å². The predicted octanol–water partition coefficient (Wildman–Crippen LogP) is 2.03. The fourth-order valence-electron chi connectivity index (χ4n) is 3.37. The number of hydrogen-bond donors (Lipinski definition) is 1. The van der Waals surface area contributed by atoms with Crippen LogP contribution in [0.4, 0.5) is 4.39 Å². The molecule has 1 aliphatic heterocycles. The molecule has 2 fully saturated rings. The molecule has 0 unspecified atom stereocenters. The number of amides is 2. The fourth-order valence-corrected chi connectivity index (χ4v) is 3.37. The first-order valence-electron chi connectivity index (χ1n) is 7.36. The Bertz CT molecular complexity index is 533. The lowest BCUT2D eigenvalue weighted by Gasteiger charge is -2.19. The molecule has 1 heterocycles. The van der Waals surface area contributed by atoms with Crippen LogP contribution in [-0.4, -0.2) is 28.4 Å². The molecule has 1 saturated carbocycles. The summed E-state index contributed by atoms with van der Waals surface area (Å²) in [4.78, 5) is 25.8. The number of likely N-dealkylation sites (tertiary alicyclic amines) is 1. The summed E-state index contributed by atoms with van der Waals surface area (Å²) in [6.07, 6.45) is 2.51. The number of imide groups is 1. The monoisotopic (exact) mass is 291 g/mol. The van der Waals surface area contributed by atoms with E-state index >= 15 is 0 Å². The summed E-state index contributed by atoms with van der Waals surface area (Å²) < 4.78 is 12.9. The average molecular weight is 291 g/mol. The lowest BCUT2D eigenvalue weighted by atomic mass is 9.81. The number of aliphatic hydroxyl groups is 1. The first-order chi connectivity index (χ1) is 10.1. The van der Waals surface area contributed by atoms with E-state index in [-0.39, 0.29) is 36.0 Å². The van der Waals surface area contributed by atoms with Crippen molar-refractivity contribution >= 4 is 11.8 Å². The van der Waals surface area contributed by atoms with Crippen molar-refractivity contribution in [1.82, 2.24) is 4.90 Å². The summed E-state index contributed by atoms with van der Waals surface area (Å²) >= 11 is 0. The molecule has 21 heavy (non-hydrogen) atoms. The van der Waals surface area contributed by atoms with Crippen molar-refractivity contribution in [3.8, 4) is 0 Å². The zero-order valence-corrected chi connectivity index (χ0v) is 11.7. The second-order valence-electron chi connectivity index (χ2n) is 5.85. The predicted molar refractivity (Wildman–Crippen MR) is 73.5 cm³/mol. The fraction of sp³-hybridized carbons (Fsp3) is 0.500. The molecule has 1 aliphatic carbocycles. The minimum Gasteiger partial charge on any atom is -0.387 e. The van der Waals surface area contributed by atoms with Gasteiger partial charge in [-0.2, -0.15) is 0 Å². The Balaban J connectivity index is 1.73. The topological polar surface area (TPSA) is 57.6 Å². The van der Waals surface area contributed by atoms with Gasteiger partial charge >= 0.3 is 0 Å². The number of carbonyl (C=O) groups excluding carboxylic acids is 2. The van der Waals surface area contributed by atoms with Gasteiger partial charge in [0.15, 0.2) is 0 Å². The summed E-state index contributed by atoms with van der Waals surface area (Å²) in [7, 11) is 0. The van der Waals surface area contributed by atoms with Crippen molar-refractivity contribution in [2.24, 2.45) is 11.8 Å². The van der Waals surface area contributed by atoms with E-state index in [1.54, 1.807) is 0 Å². The Morgan fingerprint density at radius 2 is 1.62 bits per heavy atom. The van der Waals surface area contributed by atoms with Crippen LogP contribution in [0.5, 0.6) is 0 Å². The summed E-state index contributed by atoms with van der Waals surface area (Å²) in [5.41, 5.74) is 0.506. The first kappa shape index (κ1) is 14.2. The van der Waals surface area contributed by atoms with E-state index in [1.807, 2.05) is 0 Å². The van der Waals surface area contributed by atoms with E-state index in [0.717, 1.165) is 25.7 Å². The second-order valence-corrected chi connectivity index (χ2v) is 5.85. The zero-order valence-electron chi connectivity index (χ0n) is 11.7. The Hall–Kier alpha value is -1.75. The highest BCUT2D eigenvalue weighted by Crippen LogP contribution is 2.38. The van der Waals surface area contributed by atoms with E-state index in [4.69, 9.17) is 0 Å². The molecular weight excluding hydrogens is 273 g/mol. The molecule has 2 aliphatic rings. The number of aliphatic hydroxyl groups excluding tert-OH is 1. The Morgan fingerprint density at radius 1 is 1.10 bits per heavy atom. The molecule has 5 heteroatoms. The van der Waals surface area contributed by atoms with Gasteiger partial charge in [0, 0.05) is 0 Å². The highest BCUT2D eigenvalue weighted by molar-refractivity contribution is 6.05. The Kier molecular flexibility index (Phi) is 3.76. The number of β-amino-alcohol motifs (C(OH)–C–C–N with tert-alkyl or cyclic N) is 1. The molecule has 3 atom stereocenters. The molecule has 0 aromatic heterocycles. The van der Waals surface area contributed by atoms with Crippen molar-refractivity contribution in [2.75, 3.05) is 6.54 Å². The number of carbonyl (C=O) groups is 2. The van der Waals surface area contributed by atoms with Crippen LogP contribution in [0.2, 0.25) is 0 Å². The molecule has 0 spiro atoms. The SMILES string of the molecule is O=C1[C@@H]2CCCC[C@H]2C(=O)N1C[C@@H](O)c1ccc(F)cc1. The van der Waals surface area contributed by atoms with Gasteiger partial charge in [-0.15, -0.1) is 0 Å². The van der Waals surface area contributed by atoms with E-state index in [9.17, 15) is 19.1 Å². The van der Waals surface area contributed by atoms with Gasteiger partial charge in [0.2, 0.25) is 11.8 Å². The number of fused-ring (bicyclic) bond motifs is 1. The van der Waals surface area contributed by atoms with Crippen LogP contribution >= 0.6 is 0 Å². The van der Waals surface area contributed by atoms with Crippen molar-refractivity contribution < 1.29 is 19.1 Å². The lowest BCUT2D eigenvalue weighted by molar-refractivity contribution is -0.141. The van der Waals surface area contributed by atoms with Gasteiger partial charge in [-0.3, -0.25) is 14.5 Å². The van der Waals surface area contributed by atoms with E-state index in [2.05, 4.69) is 0 Å². The third-order valence-electron chi connectivity index (χ3n) is 4.54. The Morgan fingerprint density at radius 3 is 2.14 bits per heavy atom. The van der Waals surface area contributed by atoms with Gasteiger partial charge in [0.05, 0.1) is 24.5 Å². The Labute approximate surface area is 122 Å². The molecule has 112 valence electrons. The van der Waals surface area contributed by atoms with Crippen molar-refractivity contribution in [2.45, 2.75) is 31.8 Å². The molecule has 1 aromatic rings. The summed E-state index contributed by atoms with van der Waals surface area (Å²) in [5.74, 6) is -1.11. The maximum atomic E-state index is 12.9. The standard InChI is InChI=1S/C16H18FNO3/c17-11-7-5-10(6-8-11)14(19)9-18-15(20)12-3-1-2-4-13(12)16(18)21/h5-8,12-14,19H,1-4,9H2/t12-,13-,14-/m1/s1. The highest BCUT2D eigenvalue weighted by atomic mass is 19.1. The lowest BCUT2D eigenvalue weighted by Crippen LogP contribution is -2.35. The van der Waals surface area contributed by atoms with Crippen molar-refractivity contribution in [1.29, 1.82) is 0 Å². The van der Waals surface area contributed by atoms with Crippen LogP contribution in [0.1, 0.15) is 37.4 Å². The maximum absolute atomic E-state index is 12.9. The van der Waals surface area contributed by atoms with Crippen molar-refractivity contribution in [3.05, 3.63) is 35.6 Å². The van der Waals surface area contributed by atoms with Crippen LogP contribution in [0, 0.1) is 17.7 Å². The molecule has 3 rings (SSSR count). The van der Waals surface area contributed by atoms with Crippen LogP contribution in [0.3, 0.4) is 0 Å². The normalized spacial score (nSPS) is 26.9. The molecule has 4 nitrogen and oxygen atoms in total. The summed E-state index contributed by atoms with van der Waals surface area (Å²) in [6.45, 7) is -0.0453. The van der Waals surface area contributed by atoms with E-state index in [1.165, 1.54) is 29.2 Å². The first-order valence-corrected chi connectivity index (χ1v) is 7.36. The molecule has 1 saturated heterocycles. The van der Waals surface area contributed by atoms with Crippen LogP contribution < -0.4 is 0 Å². The molecule has 0 radical (unpaired) electrons. The summed E-state index contributed by atoms with van der Waals surface area (Å²) in [6, 6.07) is 5.45. The quantitative estimate of drug-likeness (QED) is 0.867. The maximum Gasteiger partial charge on any atom is 0.233 e. The molecular formula is C16H18FNO3. The zero-order chi connectivity index (χ0) is 15.0. The van der Waals surface area contributed by atoms with Crippen molar-refractivity contribution in [3.63, 3.8) is 0 Å². The number of hydrogen-bond acceptors (Lipinski definition) is 3. The van der Waals surface area contributed by atoms with Gasteiger partial charge in [0.1, 0.15) is 5.82 Å². The highest BCUT2D eigenvalue weighted by Gasteiger charge is 2.48. The minimum atomic E-state index is -0.973. The second kappa shape index (κ2) is 5.56. The van der Waals surface area contributed by atoms with Crippen LogP contribution in [-0.2, 0) is 9.59 Å². The van der Waals surface area contributed by atoms with Gasteiger partial charge in [-0.05, 0) is 30.5 Å². The summed E-state index contributed by atoms with van der Waals surface area (Å²) in [5, 5.41) is 10.2. The third-order valence-corrected chi connectivity index (χ3v) is 4.54. The number of nitrogens with zero attached hydrogens (tertiary/aromatic N) is 1. The molecule has 1 N–H and O–H groups in total. The van der Waals surface area contributed by atoms with E-state index in [0.29, 0.717) is 5.56 Å². The number of halogens is 1. The van der Waals surface area contributed by atoms with E-state index < -0.39 is 6.10 Å². The van der Waals surface area contributed by atoms with Crippen LogP contribution in [0.25, 0.3) is 0 Å². The number of rotatable bonds is 3. The average Bonchev–Trinajstić information content (AvgIpc) is 2.73. The minimum absolute atomic E-state index is 0.0453. The molecule has 0 bridgehead atoms. The largest absolute Gasteiger partial charge is 0.387 e. The smallest absolute Gasteiger partial charge is 0.233 e. The van der Waals surface area contributed by atoms with Gasteiger partial charge in [-0.25, -0.2) is 4.39 Å². The third kappa shape index (κ3) is 2.58. The molecule has 1 aromatic carbocycles. The molecule has 2 amide bonds. The number of benzene rings is 1.